The molecular formula is C34H41N7O6. The van der Waals surface area contributed by atoms with Crippen LogP contribution in [0.5, 0.6) is 11.5 Å². The summed E-state index contributed by atoms with van der Waals surface area (Å²) >= 11 is 0. The first-order valence-corrected chi connectivity index (χ1v) is 16.1. The normalized spacial score (nSPS) is 22.4. The van der Waals surface area contributed by atoms with E-state index in [0.29, 0.717) is 47.3 Å². The van der Waals surface area contributed by atoms with E-state index in [0.717, 1.165) is 55.3 Å². The summed E-state index contributed by atoms with van der Waals surface area (Å²) in [6.45, 7) is 0.790. The lowest BCUT2D eigenvalue weighted by Crippen LogP contribution is -2.52. The van der Waals surface area contributed by atoms with Crippen LogP contribution in [0.25, 0.3) is 11.2 Å². The lowest BCUT2D eigenvalue weighted by atomic mass is 9.89. The Bertz CT molecular complexity index is 1850. The maximum Gasteiger partial charge on any atom is 0.328 e. The Morgan fingerprint density at radius 1 is 1.02 bits per heavy atom. The van der Waals surface area contributed by atoms with Gasteiger partial charge < -0.3 is 39.0 Å². The average Bonchev–Trinajstić information content (AvgIpc) is 3.51. The third-order valence-electron chi connectivity index (χ3n) is 9.73. The maximum absolute atomic E-state index is 14.0. The van der Waals surface area contributed by atoms with Gasteiger partial charge in [-0.3, -0.25) is 4.79 Å². The number of anilines is 3. The molecule has 7 rings (SSSR count). The van der Waals surface area contributed by atoms with Crippen LogP contribution in [0.4, 0.5) is 22.0 Å². The summed E-state index contributed by atoms with van der Waals surface area (Å²) in [5, 5.41) is 6.44. The smallest absolute Gasteiger partial charge is 0.328 e. The minimum atomic E-state index is -0.328. The van der Waals surface area contributed by atoms with E-state index in [-0.39, 0.29) is 35.9 Å². The van der Waals surface area contributed by atoms with Gasteiger partial charge >= 0.3 is 6.03 Å². The number of imidazole rings is 1. The standard InChI is InChI=1S/C34H41N7O6/c1-39(17-21-5-8-24(45-3)14-29(21)46-4)27-15-30-36-26-13-20(16-40(33(26)42)22-6-9-23(44-2)10-7-22)18-47-28-12-11-25(28)37-34(43)41-19-35-31(27)32(41)38-30/h5,8,13-16,19,22-23,25,28H,6-7,9-12,17-18H2,1-4H3,(H,36,38)(H,37,43)/t22?,23?,25-,28-/m1/s1. The van der Waals surface area contributed by atoms with Gasteiger partial charge in [-0.25, -0.2) is 19.3 Å². The molecule has 13 heteroatoms. The van der Waals surface area contributed by atoms with Gasteiger partial charge in [-0.1, -0.05) is 0 Å². The highest BCUT2D eigenvalue weighted by Crippen LogP contribution is 2.34. The van der Waals surface area contributed by atoms with E-state index in [9.17, 15) is 9.59 Å². The predicted molar refractivity (Wildman–Crippen MR) is 177 cm³/mol. The molecule has 2 saturated carbocycles. The monoisotopic (exact) mass is 643 g/mol. The Morgan fingerprint density at radius 2 is 1.85 bits per heavy atom. The summed E-state index contributed by atoms with van der Waals surface area (Å²) < 4.78 is 26.2. The number of nitrogens with one attached hydrogen (secondary N) is 2. The molecule has 1 aliphatic heterocycles. The molecule has 3 aliphatic rings. The SMILES string of the molecule is COc1ccc(CN(C)c2cc3nc4c2ncn4C(=O)N[C@@H]2CC[C@H]2OCc2cc(c(=O)n(C4CCC(OC)CC4)c2)N3)c(OC)c1. The first kappa shape index (κ1) is 31.0. The molecule has 3 aromatic heterocycles. The van der Waals surface area contributed by atoms with E-state index in [1.165, 1.54) is 10.9 Å². The van der Waals surface area contributed by atoms with E-state index in [1.54, 1.807) is 21.3 Å². The lowest BCUT2D eigenvalue weighted by molar-refractivity contribution is -0.0325. The van der Waals surface area contributed by atoms with Crippen LogP contribution in [0.2, 0.25) is 0 Å². The maximum atomic E-state index is 14.0. The second-order valence-corrected chi connectivity index (χ2v) is 12.6. The molecule has 0 saturated heterocycles. The van der Waals surface area contributed by atoms with Crippen molar-refractivity contribution in [1.29, 1.82) is 0 Å². The van der Waals surface area contributed by atoms with Gasteiger partial charge in [0.15, 0.2) is 5.65 Å². The molecule has 0 unspecified atom stereocenters. The van der Waals surface area contributed by atoms with E-state index in [1.807, 2.05) is 53.0 Å². The van der Waals surface area contributed by atoms with E-state index < -0.39 is 0 Å². The Labute approximate surface area is 272 Å². The number of methoxy groups -OCH3 is 3. The van der Waals surface area contributed by atoms with Crippen molar-refractivity contribution in [2.24, 2.45) is 0 Å². The second kappa shape index (κ2) is 12.9. The topological polar surface area (TPSA) is 134 Å². The molecule has 2 atom stereocenters. The molecule has 2 fully saturated rings. The number of nitrogens with zero attached hydrogens (tertiary/aromatic N) is 5. The van der Waals surface area contributed by atoms with Crippen molar-refractivity contribution in [3.8, 4) is 11.5 Å². The summed E-state index contributed by atoms with van der Waals surface area (Å²) in [5.74, 6) is 1.80. The molecule has 4 aromatic rings. The highest BCUT2D eigenvalue weighted by atomic mass is 16.5. The van der Waals surface area contributed by atoms with Gasteiger partial charge in [0, 0.05) is 50.6 Å². The summed E-state index contributed by atoms with van der Waals surface area (Å²) in [6.07, 6.45) is 8.67. The number of amides is 1. The van der Waals surface area contributed by atoms with Crippen molar-refractivity contribution < 1.29 is 23.7 Å². The minimum Gasteiger partial charge on any atom is -0.497 e. The van der Waals surface area contributed by atoms with Crippen molar-refractivity contribution in [3.63, 3.8) is 0 Å². The van der Waals surface area contributed by atoms with E-state index in [4.69, 9.17) is 23.9 Å². The molecule has 4 heterocycles. The number of ether oxygens (including phenoxy) is 4. The molecule has 1 aromatic carbocycles. The fraction of sp³-hybridized carbons (Fsp3) is 0.471. The van der Waals surface area contributed by atoms with Crippen molar-refractivity contribution in [2.75, 3.05) is 38.6 Å². The van der Waals surface area contributed by atoms with Crippen LogP contribution in [0, 0.1) is 0 Å². The molecule has 248 valence electrons. The number of pyridine rings is 2. The zero-order valence-electron chi connectivity index (χ0n) is 27.2. The fourth-order valence-corrected chi connectivity index (χ4v) is 6.86. The highest BCUT2D eigenvalue weighted by molar-refractivity contribution is 5.95. The van der Waals surface area contributed by atoms with Gasteiger partial charge in [0.2, 0.25) is 0 Å². The molecule has 13 nitrogen and oxygen atoms in total. The van der Waals surface area contributed by atoms with Gasteiger partial charge in [-0.15, -0.1) is 0 Å². The van der Waals surface area contributed by atoms with Crippen molar-refractivity contribution >= 4 is 34.4 Å². The Kier molecular flexibility index (Phi) is 8.50. The lowest BCUT2D eigenvalue weighted by Gasteiger charge is -2.37. The van der Waals surface area contributed by atoms with Crippen molar-refractivity contribution in [2.45, 2.75) is 76.0 Å². The highest BCUT2D eigenvalue weighted by Gasteiger charge is 2.34. The zero-order valence-corrected chi connectivity index (χ0v) is 27.2. The number of aromatic nitrogens is 4. The van der Waals surface area contributed by atoms with Crippen LogP contribution in [0.15, 0.2) is 47.7 Å². The first-order chi connectivity index (χ1) is 22.8. The quantitative estimate of drug-likeness (QED) is 0.291. The molecule has 0 spiro atoms. The van der Waals surface area contributed by atoms with Crippen LogP contribution < -0.4 is 30.6 Å². The van der Waals surface area contributed by atoms with Gasteiger partial charge in [0.1, 0.15) is 34.8 Å². The van der Waals surface area contributed by atoms with Crippen molar-refractivity contribution in [3.05, 3.63) is 64.3 Å². The number of carbonyl (C=O) groups is 1. The zero-order chi connectivity index (χ0) is 32.7. The van der Waals surface area contributed by atoms with Gasteiger partial charge in [0.05, 0.1) is 44.8 Å². The largest absolute Gasteiger partial charge is 0.497 e. The number of hydrogen-bond acceptors (Lipinski definition) is 10. The summed E-state index contributed by atoms with van der Waals surface area (Å²) in [7, 11) is 6.94. The summed E-state index contributed by atoms with van der Waals surface area (Å²) in [6, 6.07) is 9.00. The van der Waals surface area contributed by atoms with Gasteiger partial charge in [0.25, 0.3) is 5.56 Å². The average molecular weight is 644 g/mol. The van der Waals surface area contributed by atoms with Crippen molar-refractivity contribution in [1.82, 2.24) is 24.4 Å². The minimum absolute atomic E-state index is 0.0575. The fourth-order valence-electron chi connectivity index (χ4n) is 6.86. The Balaban J connectivity index is 1.31. The third kappa shape index (κ3) is 6.00. The second-order valence-electron chi connectivity index (χ2n) is 12.6. The number of carbonyl (C=O) groups excluding carboxylic acids is 1. The van der Waals surface area contributed by atoms with E-state index in [2.05, 4.69) is 15.6 Å². The Morgan fingerprint density at radius 3 is 2.57 bits per heavy atom. The summed E-state index contributed by atoms with van der Waals surface area (Å²) in [4.78, 5) is 39.1. The number of benzene rings is 1. The van der Waals surface area contributed by atoms with Crippen LogP contribution in [-0.2, 0) is 22.6 Å². The Hall–Kier alpha value is -4.62. The predicted octanol–water partition coefficient (Wildman–Crippen LogP) is 4.74. The molecular weight excluding hydrogens is 602 g/mol. The van der Waals surface area contributed by atoms with Crippen LogP contribution in [0.1, 0.15) is 55.7 Å². The van der Waals surface area contributed by atoms with Crippen LogP contribution in [-0.4, -0.2) is 71.8 Å². The molecule has 0 radical (unpaired) electrons. The summed E-state index contributed by atoms with van der Waals surface area (Å²) in [5.41, 5.74) is 3.74. The molecule has 4 bridgehead atoms. The first-order valence-electron chi connectivity index (χ1n) is 16.1. The molecule has 2 N–H and O–H groups in total. The van der Waals surface area contributed by atoms with Crippen LogP contribution in [0.3, 0.4) is 0 Å². The van der Waals surface area contributed by atoms with Gasteiger partial charge in [-0.05, 0) is 62.3 Å². The number of hydrogen-bond donors (Lipinski definition) is 2. The molecule has 1 amide bonds. The molecule has 47 heavy (non-hydrogen) atoms. The van der Waals surface area contributed by atoms with Gasteiger partial charge in [-0.2, -0.15) is 0 Å². The van der Waals surface area contributed by atoms with Crippen LogP contribution >= 0.6 is 0 Å². The third-order valence-corrected chi connectivity index (χ3v) is 9.73. The number of rotatable bonds is 7. The molecule has 2 aliphatic carbocycles. The number of fused-ring (bicyclic) bond motifs is 4. The van der Waals surface area contributed by atoms with E-state index >= 15 is 0 Å².